The molecule has 3 heterocycles. The minimum Gasteiger partial charge on any atom is -0.506 e. The molecule has 4 rings (SSSR count). The Morgan fingerprint density at radius 2 is 1.97 bits per heavy atom. The Labute approximate surface area is 177 Å². The number of halogens is 3. The van der Waals surface area contributed by atoms with Crippen LogP contribution in [0.25, 0.3) is 11.4 Å². The van der Waals surface area contributed by atoms with Crippen LogP contribution in [0.3, 0.4) is 0 Å². The molecule has 3 N–H and O–H groups in total. The van der Waals surface area contributed by atoms with Crippen molar-refractivity contribution >= 4 is 5.95 Å². The molecule has 2 fully saturated rings. The van der Waals surface area contributed by atoms with Crippen molar-refractivity contribution in [1.29, 1.82) is 0 Å². The number of aromatic nitrogens is 4. The van der Waals surface area contributed by atoms with Crippen LogP contribution in [0.4, 0.5) is 19.1 Å². The van der Waals surface area contributed by atoms with Crippen LogP contribution in [0.1, 0.15) is 43.9 Å². The molecule has 11 heteroatoms. The molecule has 31 heavy (non-hydrogen) atoms. The summed E-state index contributed by atoms with van der Waals surface area (Å²) >= 11 is 0. The predicted octanol–water partition coefficient (Wildman–Crippen LogP) is 2.76. The molecule has 0 spiro atoms. The zero-order valence-corrected chi connectivity index (χ0v) is 17.3. The highest BCUT2D eigenvalue weighted by Crippen LogP contribution is 2.37. The fourth-order valence-electron chi connectivity index (χ4n) is 4.33. The van der Waals surface area contributed by atoms with Gasteiger partial charge in [-0.15, -0.1) is 10.2 Å². The third kappa shape index (κ3) is 4.72. The van der Waals surface area contributed by atoms with Crippen LogP contribution in [0.2, 0.25) is 0 Å². The van der Waals surface area contributed by atoms with Gasteiger partial charge in [-0.3, -0.25) is 4.90 Å². The van der Waals surface area contributed by atoms with Gasteiger partial charge in [0.25, 0.3) is 0 Å². The van der Waals surface area contributed by atoms with E-state index in [0.29, 0.717) is 29.9 Å². The average Bonchev–Trinajstić information content (AvgIpc) is 2.66. The molecule has 2 aliphatic rings. The minimum absolute atomic E-state index is 0.0991. The first-order chi connectivity index (χ1) is 14.5. The SMILES string of the molecule is Cc1nc(NC2CCCN(C3CC(C)(O)C3)C2)nnc1-c1ncc(C(F)(F)F)cc1O. The number of aliphatic hydroxyl groups is 1. The molecule has 0 radical (unpaired) electrons. The monoisotopic (exact) mass is 438 g/mol. The first kappa shape index (κ1) is 21.7. The molecule has 1 aliphatic carbocycles. The first-order valence-electron chi connectivity index (χ1n) is 10.2. The van der Waals surface area contributed by atoms with Gasteiger partial charge in [-0.2, -0.15) is 13.2 Å². The maximum absolute atomic E-state index is 12.8. The van der Waals surface area contributed by atoms with E-state index in [9.17, 15) is 23.4 Å². The van der Waals surface area contributed by atoms with Crippen molar-refractivity contribution in [2.24, 2.45) is 0 Å². The van der Waals surface area contributed by atoms with Crippen LogP contribution in [0.5, 0.6) is 5.75 Å². The van der Waals surface area contributed by atoms with Crippen molar-refractivity contribution < 1.29 is 23.4 Å². The van der Waals surface area contributed by atoms with Crippen LogP contribution < -0.4 is 5.32 Å². The summed E-state index contributed by atoms with van der Waals surface area (Å²) in [5.41, 5.74) is -1.19. The predicted molar refractivity (Wildman–Crippen MR) is 106 cm³/mol. The van der Waals surface area contributed by atoms with E-state index >= 15 is 0 Å². The van der Waals surface area contributed by atoms with Gasteiger partial charge < -0.3 is 15.5 Å². The van der Waals surface area contributed by atoms with E-state index < -0.39 is 23.1 Å². The molecule has 1 saturated heterocycles. The lowest BCUT2D eigenvalue weighted by Crippen LogP contribution is -2.57. The Hall–Kier alpha value is -2.53. The third-order valence-corrected chi connectivity index (χ3v) is 5.93. The molecule has 0 aromatic carbocycles. The molecular weight excluding hydrogens is 413 g/mol. The van der Waals surface area contributed by atoms with E-state index in [4.69, 9.17) is 0 Å². The van der Waals surface area contributed by atoms with Crippen molar-refractivity contribution in [3.8, 4) is 17.1 Å². The number of aryl methyl sites for hydroxylation is 1. The van der Waals surface area contributed by atoms with Gasteiger partial charge in [-0.25, -0.2) is 9.97 Å². The van der Waals surface area contributed by atoms with Gasteiger partial charge in [0.2, 0.25) is 5.95 Å². The van der Waals surface area contributed by atoms with Gasteiger partial charge in [0, 0.05) is 24.8 Å². The Bertz CT molecular complexity index is 960. The summed E-state index contributed by atoms with van der Waals surface area (Å²) in [6, 6.07) is 1.13. The van der Waals surface area contributed by atoms with Crippen molar-refractivity contribution in [3.05, 3.63) is 23.5 Å². The van der Waals surface area contributed by atoms with E-state index in [1.807, 2.05) is 6.92 Å². The average molecular weight is 438 g/mol. The number of hydrogen-bond donors (Lipinski definition) is 3. The van der Waals surface area contributed by atoms with Gasteiger partial charge in [-0.05, 0) is 52.1 Å². The number of likely N-dealkylation sites (tertiary alicyclic amines) is 1. The standard InChI is InChI=1S/C20H25F3N6O2/c1-11-16(17-15(30)6-12(9-24-17)20(21,22)23)27-28-18(25-11)26-13-4-3-5-29(10-13)14-7-19(2,31)8-14/h6,9,13-14,30-31H,3-5,7-8,10H2,1-2H3,(H,25,26,28). The Morgan fingerprint density at radius 3 is 2.58 bits per heavy atom. The summed E-state index contributed by atoms with van der Waals surface area (Å²) in [6.45, 7) is 5.30. The van der Waals surface area contributed by atoms with E-state index in [1.54, 1.807) is 6.92 Å². The largest absolute Gasteiger partial charge is 0.506 e. The lowest BCUT2D eigenvalue weighted by Gasteiger charge is -2.49. The fraction of sp³-hybridized carbons (Fsp3) is 0.600. The van der Waals surface area contributed by atoms with Gasteiger partial charge in [0.1, 0.15) is 17.1 Å². The van der Waals surface area contributed by atoms with Crippen molar-refractivity contribution in [2.75, 3.05) is 18.4 Å². The highest BCUT2D eigenvalue weighted by Gasteiger charge is 2.42. The molecule has 2 aromatic rings. The molecule has 0 bridgehead atoms. The number of hydrogen-bond acceptors (Lipinski definition) is 8. The number of piperidine rings is 1. The smallest absolute Gasteiger partial charge is 0.418 e. The van der Waals surface area contributed by atoms with Crippen molar-refractivity contribution in [1.82, 2.24) is 25.1 Å². The summed E-state index contributed by atoms with van der Waals surface area (Å²) in [5.74, 6) is -0.311. The van der Waals surface area contributed by atoms with E-state index in [-0.39, 0.29) is 17.4 Å². The zero-order valence-electron chi connectivity index (χ0n) is 17.3. The van der Waals surface area contributed by atoms with Gasteiger partial charge >= 0.3 is 6.18 Å². The second-order valence-corrected chi connectivity index (χ2v) is 8.70. The summed E-state index contributed by atoms with van der Waals surface area (Å²) in [7, 11) is 0. The summed E-state index contributed by atoms with van der Waals surface area (Å²) in [4.78, 5) is 10.5. The highest BCUT2D eigenvalue weighted by molar-refractivity contribution is 5.64. The van der Waals surface area contributed by atoms with Crippen LogP contribution in [0, 0.1) is 6.92 Å². The summed E-state index contributed by atoms with van der Waals surface area (Å²) in [6.07, 6.45) is -0.435. The maximum atomic E-state index is 12.8. The number of pyridine rings is 1. The molecule has 8 nitrogen and oxygen atoms in total. The molecule has 2 aromatic heterocycles. The zero-order chi connectivity index (χ0) is 22.4. The normalized spacial score (nSPS) is 27.0. The van der Waals surface area contributed by atoms with Crippen LogP contribution in [-0.4, -0.2) is 66.1 Å². The highest BCUT2D eigenvalue weighted by atomic mass is 19.4. The van der Waals surface area contributed by atoms with Gasteiger partial charge in [-0.1, -0.05) is 0 Å². The second kappa shape index (κ2) is 7.86. The number of nitrogens with one attached hydrogen (secondary N) is 1. The van der Waals surface area contributed by atoms with Crippen molar-refractivity contribution in [3.63, 3.8) is 0 Å². The topological polar surface area (TPSA) is 107 Å². The number of nitrogens with zero attached hydrogens (tertiary/aromatic N) is 5. The summed E-state index contributed by atoms with van der Waals surface area (Å²) in [5, 5.41) is 31.4. The molecule has 1 aliphatic heterocycles. The molecular formula is C20H25F3N6O2. The lowest BCUT2D eigenvalue weighted by molar-refractivity contribution is -0.137. The lowest BCUT2D eigenvalue weighted by atomic mass is 9.76. The Morgan fingerprint density at radius 1 is 1.23 bits per heavy atom. The van der Waals surface area contributed by atoms with Crippen molar-refractivity contribution in [2.45, 2.75) is 63.4 Å². The second-order valence-electron chi connectivity index (χ2n) is 8.70. The molecule has 1 unspecified atom stereocenters. The number of alkyl halides is 3. The number of anilines is 1. The Kier molecular flexibility index (Phi) is 5.50. The first-order valence-corrected chi connectivity index (χ1v) is 10.2. The van der Waals surface area contributed by atoms with E-state index in [1.165, 1.54) is 0 Å². The van der Waals surface area contributed by atoms with E-state index in [0.717, 1.165) is 38.8 Å². The Balaban J connectivity index is 1.44. The van der Waals surface area contributed by atoms with Crippen LogP contribution in [0.15, 0.2) is 12.3 Å². The van der Waals surface area contributed by atoms with Gasteiger partial charge in [0.15, 0.2) is 0 Å². The fourth-order valence-corrected chi connectivity index (χ4v) is 4.33. The summed E-state index contributed by atoms with van der Waals surface area (Å²) < 4.78 is 38.3. The van der Waals surface area contributed by atoms with Crippen LogP contribution in [-0.2, 0) is 6.18 Å². The quantitative estimate of drug-likeness (QED) is 0.669. The molecule has 1 saturated carbocycles. The van der Waals surface area contributed by atoms with E-state index in [2.05, 4.69) is 30.4 Å². The third-order valence-electron chi connectivity index (χ3n) is 5.93. The van der Waals surface area contributed by atoms with Crippen LogP contribution >= 0.6 is 0 Å². The number of aromatic hydroxyl groups is 1. The molecule has 0 amide bonds. The molecule has 1 atom stereocenters. The number of rotatable bonds is 4. The minimum atomic E-state index is -4.60. The maximum Gasteiger partial charge on any atom is 0.418 e. The van der Waals surface area contributed by atoms with Gasteiger partial charge in [0.05, 0.1) is 16.9 Å². The molecule has 168 valence electrons.